The average Bonchev–Trinajstić information content (AvgIpc) is 2.40. The minimum Gasteiger partial charge on any atom is -0.290 e. The van der Waals surface area contributed by atoms with Crippen LogP contribution in [0.25, 0.3) is 0 Å². The van der Waals surface area contributed by atoms with Gasteiger partial charge in [-0.2, -0.15) is 0 Å². The fourth-order valence-electron chi connectivity index (χ4n) is 3.08. The number of aliphatic imine (C=N–C) groups is 1. The lowest BCUT2D eigenvalue weighted by molar-refractivity contribution is 0.299. The second-order valence-corrected chi connectivity index (χ2v) is 6.96. The van der Waals surface area contributed by atoms with Crippen LogP contribution in [-0.4, -0.2) is 11.8 Å². The van der Waals surface area contributed by atoms with E-state index >= 15 is 0 Å². The highest BCUT2D eigenvalue weighted by atomic mass is 14.9. The third-order valence-electron chi connectivity index (χ3n) is 4.45. The van der Waals surface area contributed by atoms with E-state index in [1.54, 1.807) is 0 Å². The van der Waals surface area contributed by atoms with Gasteiger partial charge in [0.1, 0.15) is 0 Å². The van der Waals surface area contributed by atoms with Gasteiger partial charge in [0.25, 0.3) is 0 Å². The predicted octanol–water partition coefficient (Wildman–Crippen LogP) is 5.47. The summed E-state index contributed by atoms with van der Waals surface area (Å²) in [4.78, 5) is 5.09. The average molecular weight is 259 g/mol. The van der Waals surface area contributed by atoms with Crippen LogP contribution in [0.2, 0.25) is 0 Å². The molecule has 1 fully saturated rings. The molecule has 2 rings (SSSR count). The van der Waals surface area contributed by atoms with E-state index in [2.05, 4.69) is 44.4 Å². The summed E-state index contributed by atoms with van der Waals surface area (Å²) in [7, 11) is 0. The van der Waals surface area contributed by atoms with Crippen LogP contribution in [0.5, 0.6) is 0 Å². The third kappa shape index (κ3) is 4.63. The molecular weight excluding hydrogens is 230 g/mol. The number of hydrogen-bond donors (Lipinski definition) is 0. The zero-order valence-electron chi connectivity index (χ0n) is 12.7. The van der Waals surface area contributed by atoms with Crippen molar-refractivity contribution in [2.24, 2.45) is 10.4 Å². The summed E-state index contributed by atoms with van der Waals surface area (Å²) in [6, 6.07) is 0. The Morgan fingerprint density at radius 3 is 2.11 bits per heavy atom. The molecule has 1 aliphatic heterocycles. The monoisotopic (exact) mass is 259 g/mol. The highest BCUT2D eigenvalue weighted by Crippen LogP contribution is 2.36. The van der Waals surface area contributed by atoms with Crippen LogP contribution < -0.4 is 0 Å². The maximum Gasteiger partial charge on any atom is 0.0638 e. The zero-order chi connectivity index (χ0) is 13.6. The molecule has 0 amide bonds. The van der Waals surface area contributed by atoms with Crippen LogP contribution >= 0.6 is 0 Å². The van der Waals surface area contributed by atoms with Gasteiger partial charge in [0.15, 0.2) is 0 Å². The summed E-state index contributed by atoms with van der Waals surface area (Å²) < 4.78 is 0. The summed E-state index contributed by atoms with van der Waals surface area (Å²) in [6.07, 6.45) is 22.9. The lowest BCUT2D eigenvalue weighted by atomic mass is 9.79. The minimum atomic E-state index is 0.198. The van der Waals surface area contributed by atoms with Crippen molar-refractivity contribution in [2.45, 2.75) is 77.2 Å². The molecule has 0 unspecified atom stereocenters. The van der Waals surface area contributed by atoms with E-state index in [4.69, 9.17) is 4.99 Å². The van der Waals surface area contributed by atoms with Gasteiger partial charge in [-0.25, -0.2) is 0 Å². The first kappa shape index (κ1) is 14.6. The molecule has 0 N–H and O–H groups in total. The van der Waals surface area contributed by atoms with Crippen molar-refractivity contribution in [1.82, 2.24) is 0 Å². The van der Waals surface area contributed by atoms with Gasteiger partial charge in [0.05, 0.1) is 5.54 Å². The Bertz CT molecular complexity index is 354. The van der Waals surface area contributed by atoms with E-state index in [1.165, 1.54) is 44.9 Å². The molecule has 0 radical (unpaired) electrons. The van der Waals surface area contributed by atoms with E-state index in [0.717, 1.165) is 12.8 Å². The Labute approximate surface area is 118 Å². The Hall–Kier alpha value is -0.850. The summed E-state index contributed by atoms with van der Waals surface area (Å²) in [6.45, 7) is 4.61. The number of hydrogen-bond acceptors (Lipinski definition) is 1. The van der Waals surface area contributed by atoms with Gasteiger partial charge in [-0.1, -0.05) is 57.4 Å². The van der Waals surface area contributed by atoms with Gasteiger partial charge >= 0.3 is 0 Å². The van der Waals surface area contributed by atoms with Crippen molar-refractivity contribution < 1.29 is 0 Å². The predicted molar refractivity (Wildman–Crippen MR) is 84.8 cm³/mol. The van der Waals surface area contributed by atoms with Crippen LogP contribution in [-0.2, 0) is 0 Å². The first-order valence-corrected chi connectivity index (χ1v) is 7.98. The first-order chi connectivity index (χ1) is 9.12. The van der Waals surface area contributed by atoms with E-state index in [-0.39, 0.29) is 11.0 Å². The Morgan fingerprint density at radius 1 is 0.789 bits per heavy atom. The molecule has 0 atom stereocenters. The van der Waals surface area contributed by atoms with Crippen LogP contribution in [0.4, 0.5) is 0 Å². The molecule has 0 aromatic carbocycles. The summed E-state index contributed by atoms with van der Waals surface area (Å²) >= 11 is 0. The number of nitrogens with zero attached hydrogens (tertiary/aromatic N) is 1. The summed E-state index contributed by atoms with van der Waals surface area (Å²) in [5.74, 6) is 0. The molecule has 2 aliphatic rings. The third-order valence-corrected chi connectivity index (χ3v) is 4.45. The molecule has 0 saturated heterocycles. The molecule has 0 aromatic rings. The van der Waals surface area contributed by atoms with Gasteiger partial charge in [-0.15, -0.1) is 0 Å². The molecule has 1 nitrogen and oxygen atoms in total. The number of rotatable bonds is 0. The van der Waals surface area contributed by atoms with E-state index < -0.39 is 0 Å². The molecule has 0 bridgehead atoms. The summed E-state index contributed by atoms with van der Waals surface area (Å²) in [5.41, 5.74) is 0.415. The fraction of sp³-hybridized carbons (Fsp3) is 0.722. The van der Waals surface area contributed by atoms with Gasteiger partial charge in [-0.3, -0.25) is 4.99 Å². The molecule has 1 saturated carbocycles. The van der Waals surface area contributed by atoms with Gasteiger partial charge in [0, 0.05) is 11.6 Å². The van der Waals surface area contributed by atoms with Crippen molar-refractivity contribution in [1.29, 1.82) is 0 Å². The lowest BCUT2D eigenvalue weighted by Gasteiger charge is -2.34. The van der Waals surface area contributed by atoms with E-state index in [1.807, 2.05) is 0 Å². The first-order valence-electron chi connectivity index (χ1n) is 7.98. The SMILES string of the molecule is CC1(C)C=NC2(CC=CCCC=CC1)CCCCC2. The maximum atomic E-state index is 5.09. The van der Waals surface area contributed by atoms with E-state index in [0.29, 0.717) is 0 Å². The van der Waals surface area contributed by atoms with Crippen molar-refractivity contribution in [3.63, 3.8) is 0 Å². The molecule has 1 heterocycles. The fourth-order valence-corrected chi connectivity index (χ4v) is 3.08. The molecule has 1 spiro atoms. The molecule has 1 heteroatoms. The van der Waals surface area contributed by atoms with Gasteiger partial charge in [-0.05, 0) is 38.5 Å². The lowest BCUT2D eigenvalue weighted by Crippen LogP contribution is -2.30. The van der Waals surface area contributed by atoms with Crippen molar-refractivity contribution >= 4 is 6.21 Å². The highest BCUT2D eigenvalue weighted by Gasteiger charge is 2.30. The molecule has 1 aliphatic carbocycles. The van der Waals surface area contributed by atoms with E-state index in [9.17, 15) is 0 Å². The van der Waals surface area contributed by atoms with Gasteiger partial charge in [0.2, 0.25) is 0 Å². The summed E-state index contributed by atoms with van der Waals surface area (Å²) in [5, 5.41) is 0. The van der Waals surface area contributed by atoms with Gasteiger partial charge < -0.3 is 0 Å². The molecular formula is C18H29N. The maximum absolute atomic E-state index is 5.09. The molecule has 106 valence electrons. The minimum absolute atomic E-state index is 0.198. The molecule has 19 heavy (non-hydrogen) atoms. The highest BCUT2D eigenvalue weighted by molar-refractivity contribution is 5.65. The second kappa shape index (κ2) is 6.54. The standard InChI is InChI=1S/C18H29N/c1-17(2)12-8-5-3-4-6-9-13-18(19-16-17)14-10-7-11-15-18/h5-6,8-9,16H,3-4,7,10-15H2,1-2H3. The van der Waals surface area contributed by atoms with Crippen molar-refractivity contribution in [2.75, 3.05) is 0 Å². The Balaban J connectivity index is 2.17. The normalized spacial score (nSPS) is 26.8. The van der Waals surface area contributed by atoms with Crippen LogP contribution in [0.3, 0.4) is 0 Å². The van der Waals surface area contributed by atoms with Crippen molar-refractivity contribution in [3.8, 4) is 0 Å². The Kier molecular flexibility index (Phi) is 5.01. The van der Waals surface area contributed by atoms with Crippen LogP contribution in [0, 0.1) is 5.41 Å². The largest absolute Gasteiger partial charge is 0.290 e. The van der Waals surface area contributed by atoms with Crippen molar-refractivity contribution in [3.05, 3.63) is 24.3 Å². The zero-order valence-corrected chi connectivity index (χ0v) is 12.7. The molecule has 0 aromatic heterocycles. The smallest absolute Gasteiger partial charge is 0.0638 e. The van der Waals surface area contributed by atoms with Crippen LogP contribution in [0.15, 0.2) is 29.3 Å². The number of allylic oxidation sites excluding steroid dienone is 3. The van der Waals surface area contributed by atoms with Crippen LogP contribution in [0.1, 0.15) is 71.6 Å². The topological polar surface area (TPSA) is 12.4 Å². The quantitative estimate of drug-likeness (QED) is 0.511. The second-order valence-electron chi connectivity index (χ2n) is 6.96. The Morgan fingerprint density at radius 2 is 1.42 bits per heavy atom.